The van der Waals surface area contributed by atoms with Gasteiger partial charge in [0.1, 0.15) is 0 Å². The van der Waals surface area contributed by atoms with E-state index in [-0.39, 0.29) is 36.2 Å². The number of likely N-dealkylation sites (N-methyl/N-ethyl adjacent to an activating group) is 1. The van der Waals surface area contributed by atoms with E-state index in [4.69, 9.17) is 0 Å². The van der Waals surface area contributed by atoms with Crippen molar-refractivity contribution in [2.45, 2.75) is 26.8 Å². The van der Waals surface area contributed by atoms with E-state index in [1.54, 1.807) is 0 Å². The molecular formula is C25H27IN2O3S. The van der Waals surface area contributed by atoms with Gasteiger partial charge in [0.15, 0.2) is 6.54 Å². The van der Waals surface area contributed by atoms with E-state index >= 15 is 0 Å². The van der Waals surface area contributed by atoms with Crippen LogP contribution >= 0.6 is 24.0 Å². The van der Waals surface area contributed by atoms with E-state index in [0.717, 1.165) is 34.4 Å². The minimum Gasteiger partial charge on any atom is -0.748 e. The number of hydrogen-bond donors (Lipinski definition) is 0. The van der Waals surface area contributed by atoms with Crippen LogP contribution in [0.1, 0.15) is 30.2 Å². The molecule has 3 aromatic rings. The van der Waals surface area contributed by atoms with Gasteiger partial charge in [-0.3, -0.25) is 0 Å². The summed E-state index contributed by atoms with van der Waals surface area (Å²) in [6.07, 6.45) is 6.63. The average molecular weight is 562 g/mol. The number of rotatable bonds is 6. The Morgan fingerprint density at radius 2 is 1.84 bits per heavy atom. The van der Waals surface area contributed by atoms with Crippen molar-refractivity contribution in [1.29, 1.82) is 0 Å². The van der Waals surface area contributed by atoms with Crippen molar-refractivity contribution in [3.63, 3.8) is 0 Å². The molecule has 32 heavy (non-hydrogen) atoms. The summed E-state index contributed by atoms with van der Waals surface area (Å²) < 4.78 is 35.5. The number of pyridine rings is 1. The molecule has 0 amide bonds. The molecule has 0 atom stereocenters. The van der Waals surface area contributed by atoms with Crippen molar-refractivity contribution in [3.8, 4) is 0 Å². The summed E-state index contributed by atoms with van der Waals surface area (Å²) in [5, 5.41) is 1.09. The molecule has 0 spiro atoms. The SMILES string of the molecule is CCN1/C(=C/c2ccc3cc(C)ccc3[n+]2CCCS(=O)(=O)[O-])C=Cc2ccccc21.I. The summed E-state index contributed by atoms with van der Waals surface area (Å²) in [6.45, 7) is 5.45. The molecule has 5 nitrogen and oxygen atoms in total. The molecule has 0 unspecified atom stereocenters. The van der Waals surface area contributed by atoms with Crippen LogP contribution in [0.2, 0.25) is 0 Å². The third kappa shape index (κ3) is 5.39. The second-order valence-corrected chi connectivity index (χ2v) is 9.32. The maximum atomic E-state index is 11.1. The number of allylic oxidation sites excluding steroid dienone is 1. The van der Waals surface area contributed by atoms with E-state index in [1.165, 1.54) is 11.3 Å². The lowest BCUT2D eigenvalue weighted by Gasteiger charge is -2.29. The third-order valence-electron chi connectivity index (χ3n) is 5.58. The molecule has 0 aliphatic carbocycles. The standard InChI is InChI=1S/C25H26N2O3S.HI/c1-3-26-22(12-10-20-7-4-5-8-24(20)26)18-23-13-11-21-17-19(2)9-14-25(21)27(23)15-6-16-31(28,29)30;/h4-5,7-14,17-18H,3,6,15-16H2,1-2H3;1H. The number of aromatic nitrogens is 1. The highest BCUT2D eigenvalue weighted by atomic mass is 127. The fourth-order valence-electron chi connectivity index (χ4n) is 4.14. The number of anilines is 1. The molecule has 0 radical (unpaired) electrons. The van der Waals surface area contributed by atoms with Gasteiger partial charge in [0.05, 0.1) is 10.1 Å². The number of aryl methyl sites for hydroxylation is 2. The monoisotopic (exact) mass is 562 g/mol. The quantitative estimate of drug-likeness (QED) is 0.244. The highest BCUT2D eigenvalue weighted by Gasteiger charge is 2.19. The van der Waals surface area contributed by atoms with Crippen molar-refractivity contribution in [2.75, 3.05) is 17.2 Å². The van der Waals surface area contributed by atoms with Crippen LogP contribution in [0, 0.1) is 6.92 Å². The molecule has 0 fully saturated rings. The van der Waals surface area contributed by atoms with E-state index in [0.29, 0.717) is 6.54 Å². The smallest absolute Gasteiger partial charge is 0.212 e. The Morgan fingerprint density at radius 1 is 1.06 bits per heavy atom. The van der Waals surface area contributed by atoms with E-state index in [1.807, 2.05) is 19.1 Å². The van der Waals surface area contributed by atoms with Gasteiger partial charge in [0, 0.05) is 53.7 Å². The van der Waals surface area contributed by atoms with Gasteiger partial charge >= 0.3 is 0 Å². The molecule has 1 aliphatic heterocycles. The Bertz CT molecular complexity index is 1300. The Labute approximate surface area is 206 Å². The minimum atomic E-state index is -4.24. The predicted molar refractivity (Wildman–Crippen MR) is 140 cm³/mol. The first-order chi connectivity index (χ1) is 14.9. The molecule has 1 aliphatic rings. The van der Waals surface area contributed by atoms with Gasteiger partial charge in [0.25, 0.3) is 0 Å². The molecule has 168 valence electrons. The van der Waals surface area contributed by atoms with Crippen molar-refractivity contribution >= 4 is 62.8 Å². The van der Waals surface area contributed by atoms with Gasteiger partial charge in [-0.25, -0.2) is 8.42 Å². The molecule has 2 heterocycles. The van der Waals surface area contributed by atoms with Crippen LogP contribution in [0.3, 0.4) is 0 Å². The Kier molecular flexibility index (Phi) is 7.74. The second kappa shape index (κ2) is 10.1. The number of halogens is 1. The van der Waals surface area contributed by atoms with Crippen LogP contribution in [0.4, 0.5) is 5.69 Å². The molecule has 0 bridgehead atoms. The maximum absolute atomic E-state index is 11.1. The van der Waals surface area contributed by atoms with E-state index < -0.39 is 10.1 Å². The van der Waals surface area contributed by atoms with Crippen LogP contribution in [0.15, 0.2) is 66.4 Å². The lowest BCUT2D eigenvalue weighted by Crippen LogP contribution is -2.39. The number of hydrogen-bond acceptors (Lipinski definition) is 4. The van der Waals surface area contributed by atoms with Gasteiger partial charge in [-0.15, -0.1) is 24.0 Å². The van der Waals surface area contributed by atoms with Gasteiger partial charge in [0.2, 0.25) is 11.2 Å². The summed E-state index contributed by atoms with van der Waals surface area (Å²) in [7, 11) is -4.24. The summed E-state index contributed by atoms with van der Waals surface area (Å²) in [5.41, 5.74) is 6.57. The summed E-state index contributed by atoms with van der Waals surface area (Å²) in [5.74, 6) is -0.368. The second-order valence-electron chi connectivity index (χ2n) is 7.79. The molecule has 0 N–H and O–H groups in total. The van der Waals surface area contributed by atoms with Crippen LogP contribution < -0.4 is 9.47 Å². The third-order valence-corrected chi connectivity index (χ3v) is 6.37. The predicted octanol–water partition coefficient (Wildman–Crippen LogP) is 4.88. The van der Waals surface area contributed by atoms with Crippen molar-refractivity contribution in [2.24, 2.45) is 0 Å². The largest absolute Gasteiger partial charge is 0.748 e. The van der Waals surface area contributed by atoms with Gasteiger partial charge in [-0.05, 0) is 43.7 Å². The van der Waals surface area contributed by atoms with Gasteiger partial charge in [-0.1, -0.05) is 35.9 Å². The fourth-order valence-corrected chi connectivity index (χ4v) is 4.62. The first-order valence-electron chi connectivity index (χ1n) is 10.5. The van der Waals surface area contributed by atoms with Crippen molar-refractivity contribution in [1.82, 2.24) is 0 Å². The molecular weight excluding hydrogens is 535 g/mol. The van der Waals surface area contributed by atoms with E-state index in [9.17, 15) is 13.0 Å². The number of para-hydroxylation sites is 1. The zero-order valence-corrected chi connectivity index (χ0v) is 21.3. The van der Waals surface area contributed by atoms with Crippen LogP contribution in [0.25, 0.3) is 23.1 Å². The Morgan fingerprint density at radius 3 is 2.59 bits per heavy atom. The first kappa shape index (κ1) is 24.4. The molecule has 0 saturated heterocycles. The maximum Gasteiger partial charge on any atom is 0.212 e. The van der Waals surface area contributed by atoms with Crippen molar-refractivity contribution in [3.05, 3.63) is 83.2 Å². The lowest BCUT2D eigenvalue weighted by molar-refractivity contribution is -0.673. The highest BCUT2D eigenvalue weighted by molar-refractivity contribution is 14.0. The Hall–Kier alpha value is -2.23. The van der Waals surface area contributed by atoms with Crippen molar-refractivity contribution < 1.29 is 17.5 Å². The number of benzene rings is 2. The van der Waals surface area contributed by atoms with Gasteiger partial charge in [-0.2, -0.15) is 4.57 Å². The number of fused-ring (bicyclic) bond motifs is 2. The average Bonchev–Trinajstić information content (AvgIpc) is 2.74. The minimum absolute atomic E-state index is 0. The van der Waals surface area contributed by atoms with Crippen LogP contribution in [0.5, 0.6) is 0 Å². The molecule has 7 heteroatoms. The zero-order valence-electron chi connectivity index (χ0n) is 18.2. The Balaban J connectivity index is 0.00000289. The number of nitrogens with zero attached hydrogens (tertiary/aromatic N) is 2. The van der Waals surface area contributed by atoms with Crippen LogP contribution in [-0.4, -0.2) is 25.3 Å². The van der Waals surface area contributed by atoms with Crippen LogP contribution in [-0.2, 0) is 16.7 Å². The topological polar surface area (TPSA) is 64.3 Å². The summed E-state index contributed by atoms with van der Waals surface area (Å²) >= 11 is 0. The lowest BCUT2D eigenvalue weighted by atomic mass is 10.0. The molecule has 2 aromatic carbocycles. The molecule has 4 rings (SSSR count). The highest BCUT2D eigenvalue weighted by Crippen LogP contribution is 2.31. The first-order valence-corrected chi connectivity index (χ1v) is 12.1. The zero-order chi connectivity index (χ0) is 22.0. The van der Waals surface area contributed by atoms with E-state index in [2.05, 4.69) is 77.1 Å². The fraction of sp³-hybridized carbons (Fsp3) is 0.240. The summed E-state index contributed by atoms with van der Waals surface area (Å²) in [4.78, 5) is 2.26. The normalized spacial score (nSPS) is 14.5. The molecule has 1 aromatic heterocycles. The summed E-state index contributed by atoms with van der Waals surface area (Å²) in [6, 6.07) is 18.7. The molecule has 0 saturated carbocycles. The van der Waals surface area contributed by atoms with Gasteiger partial charge < -0.3 is 9.45 Å².